The molecule has 3 nitrogen and oxygen atoms in total. The topological polar surface area (TPSA) is 47.3 Å². The molecule has 200 valence electrons. The minimum Gasteiger partial charge on any atom is -0.395 e. The summed E-state index contributed by atoms with van der Waals surface area (Å²) in [5, 5.41) is 21.0. The molecule has 2 aromatic rings. The molecule has 0 saturated carbocycles. The summed E-state index contributed by atoms with van der Waals surface area (Å²) < 4.78 is 30.8. The molecule has 2 unspecified atom stereocenters. The molecule has 37 heavy (non-hydrogen) atoms. The molecule has 2 aromatic carbocycles. The van der Waals surface area contributed by atoms with Gasteiger partial charge in [-0.15, -0.1) is 5.54 Å². The highest BCUT2D eigenvalue weighted by molar-refractivity contribution is 6.83. The number of aliphatic hydroxyl groups excluding tert-OH is 1. The van der Waals surface area contributed by atoms with Crippen molar-refractivity contribution in [1.82, 2.24) is 4.90 Å². The Morgan fingerprint density at radius 2 is 1.78 bits per heavy atom. The van der Waals surface area contributed by atoms with Crippen LogP contribution in [0.1, 0.15) is 38.3 Å². The first-order valence-electron chi connectivity index (χ1n) is 12.3. The zero-order valence-corrected chi connectivity index (χ0v) is 24.9. The quantitative estimate of drug-likeness (QED) is 0.257. The summed E-state index contributed by atoms with van der Waals surface area (Å²) in [6, 6.07) is 10.6. The van der Waals surface area contributed by atoms with Crippen LogP contribution < -0.4 is 0 Å². The van der Waals surface area contributed by atoms with Crippen LogP contribution in [0.4, 0.5) is 8.78 Å². The standard InChI is InChI=1S/C29H36Cl2F2N2OSi/c1-28(2,3)19-26(35(14-15-36)13-8-16-37(4,5)6)29(20-34,23-12-11-22(30)17-25(23)32)18-21-9-7-10-24(31)27(21)33/h7,9-12,17,26,36H,13-15,18-19H2,1-6H3. The van der Waals surface area contributed by atoms with Crippen molar-refractivity contribution in [3.8, 4) is 17.5 Å². The molecule has 8 heteroatoms. The lowest BCUT2D eigenvalue weighted by Crippen LogP contribution is -2.54. The van der Waals surface area contributed by atoms with E-state index in [1.54, 1.807) is 12.1 Å². The van der Waals surface area contributed by atoms with Gasteiger partial charge in [0.25, 0.3) is 0 Å². The first-order chi connectivity index (χ1) is 17.1. The normalized spacial score (nSPS) is 14.5. The van der Waals surface area contributed by atoms with Gasteiger partial charge >= 0.3 is 0 Å². The predicted octanol–water partition coefficient (Wildman–Crippen LogP) is 7.26. The van der Waals surface area contributed by atoms with Crippen LogP contribution in [-0.2, 0) is 11.8 Å². The Balaban J connectivity index is 2.86. The SMILES string of the molecule is CC(C)(C)CC(N(CC#C[Si](C)(C)C)CCO)C(C#N)(Cc1cccc(Cl)c1F)c1ccc(Cl)cc1F. The lowest BCUT2D eigenvalue weighted by atomic mass is 9.66. The summed E-state index contributed by atoms with van der Waals surface area (Å²) in [7, 11) is -1.69. The Hall–Kier alpha value is -1.93. The van der Waals surface area contributed by atoms with Crippen LogP contribution in [-0.4, -0.2) is 43.8 Å². The van der Waals surface area contributed by atoms with Crippen molar-refractivity contribution in [3.63, 3.8) is 0 Å². The highest BCUT2D eigenvalue weighted by Crippen LogP contribution is 2.42. The van der Waals surface area contributed by atoms with Crippen LogP contribution in [0.3, 0.4) is 0 Å². The summed E-state index contributed by atoms with van der Waals surface area (Å²) in [5.74, 6) is 1.95. The van der Waals surface area contributed by atoms with Gasteiger partial charge < -0.3 is 5.11 Å². The number of hydrogen-bond donors (Lipinski definition) is 1. The molecule has 0 heterocycles. The van der Waals surface area contributed by atoms with Gasteiger partial charge in [0.2, 0.25) is 0 Å². The van der Waals surface area contributed by atoms with E-state index in [2.05, 4.69) is 37.2 Å². The van der Waals surface area contributed by atoms with Crippen LogP contribution in [0.25, 0.3) is 0 Å². The van der Waals surface area contributed by atoms with Crippen LogP contribution >= 0.6 is 23.2 Å². The van der Waals surface area contributed by atoms with Crippen molar-refractivity contribution in [1.29, 1.82) is 5.26 Å². The molecule has 2 atom stereocenters. The minimum absolute atomic E-state index is 0.0680. The number of nitriles is 1. The monoisotopic (exact) mass is 564 g/mol. The molecular weight excluding hydrogens is 529 g/mol. The zero-order valence-electron chi connectivity index (χ0n) is 22.4. The van der Waals surface area contributed by atoms with E-state index in [4.69, 9.17) is 23.2 Å². The molecular formula is C29H36Cl2F2N2OSi. The van der Waals surface area contributed by atoms with E-state index in [1.165, 1.54) is 24.3 Å². The Labute approximate surface area is 231 Å². The van der Waals surface area contributed by atoms with Crippen LogP contribution in [0.5, 0.6) is 0 Å². The van der Waals surface area contributed by atoms with Gasteiger partial charge in [-0.2, -0.15) is 5.26 Å². The van der Waals surface area contributed by atoms with Gasteiger partial charge in [0.15, 0.2) is 0 Å². The maximum Gasteiger partial charge on any atom is 0.145 e. The molecule has 1 N–H and O–H groups in total. The second-order valence-corrected chi connectivity index (χ2v) is 17.2. The minimum atomic E-state index is -1.69. The number of hydrogen-bond acceptors (Lipinski definition) is 3. The maximum atomic E-state index is 15.6. The molecule has 0 bridgehead atoms. The van der Waals surface area contributed by atoms with E-state index in [9.17, 15) is 10.4 Å². The molecule has 0 aliphatic carbocycles. The van der Waals surface area contributed by atoms with Gasteiger partial charge in [0.1, 0.15) is 25.1 Å². The Morgan fingerprint density at radius 3 is 2.32 bits per heavy atom. The summed E-state index contributed by atoms with van der Waals surface area (Å²) in [5.41, 5.74) is 1.84. The van der Waals surface area contributed by atoms with E-state index in [1.807, 2.05) is 25.7 Å². The number of rotatable bonds is 9. The van der Waals surface area contributed by atoms with E-state index < -0.39 is 31.2 Å². The fourth-order valence-corrected chi connectivity index (χ4v) is 5.44. The van der Waals surface area contributed by atoms with Crippen molar-refractivity contribution in [2.75, 3.05) is 19.7 Å². The van der Waals surface area contributed by atoms with Crippen molar-refractivity contribution in [2.45, 2.75) is 64.7 Å². The number of halogens is 4. The van der Waals surface area contributed by atoms with Gasteiger partial charge in [-0.3, -0.25) is 4.90 Å². The second-order valence-electron chi connectivity index (χ2n) is 11.6. The third-order valence-corrected chi connectivity index (χ3v) is 7.51. The number of benzene rings is 2. The first kappa shape index (κ1) is 31.3. The summed E-state index contributed by atoms with van der Waals surface area (Å²) in [6.45, 7) is 12.8. The highest BCUT2D eigenvalue weighted by atomic mass is 35.5. The average Bonchev–Trinajstić information content (AvgIpc) is 2.77. The maximum absolute atomic E-state index is 15.6. The van der Waals surface area contributed by atoms with Gasteiger partial charge in [0.05, 0.1) is 24.2 Å². The van der Waals surface area contributed by atoms with Crippen LogP contribution in [0.15, 0.2) is 36.4 Å². The lowest BCUT2D eigenvalue weighted by Gasteiger charge is -2.45. The van der Waals surface area contributed by atoms with Crippen molar-refractivity contribution < 1.29 is 13.9 Å². The Morgan fingerprint density at radius 1 is 1.11 bits per heavy atom. The van der Waals surface area contributed by atoms with Crippen molar-refractivity contribution in [3.05, 3.63) is 69.2 Å². The van der Waals surface area contributed by atoms with Gasteiger partial charge in [0, 0.05) is 23.2 Å². The average molecular weight is 566 g/mol. The van der Waals surface area contributed by atoms with Crippen molar-refractivity contribution in [2.24, 2.45) is 5.41 Å². The molecule has 0 amide bonds. The first-order valence-corrected chi connectivity index (χ1v) is 16.5. The van der Waals surface area contributed by atoms with Crippen LogP contribution in [0.2, 0.25) is 29.7 Å². The third kappa shape index (κ3) is 8.53. The Bertz CT molecular complexity index is 1190. The summed E-state index contributed by atoms with van der Waals surface area (Å²) in [4.78, 5) is 1.93. The largest absolute Gasteiger partial charge is 0.395 e. The Kier molecular flexibility index (Phi) is 10.8. The number of aliphatic hydroxyl groups is 1. The fourth-order valence-electron chi connectivity index (χ4n) is 4.48. The summed E-state index contributed by atoms with van der Waals surface area (Å²) in [6.07, 6.45) is 0.331. The lowest BCUT2D eigenvalue weighted by molar-refractivity contribution is 0.0913. The molecule has 2 rings (SSSR count). The number of nitrogens with zero attached hydrogens (tertiary/aromatic N) is 2. The van der Waals surface area contributed by atoms with E-state index in [-0.39, 0.29) is 52.7 Å². The summed E-state index contributed by atoms with van der Waals surface area (Å²) >= 11 is 12.2. The predicted molar refractivity (Wildman–Crippen MR) is 151 cm³/mol. The molecule has 0 aromatic heterocycles. The molecule has 0 aliphatic rings. The molecule has 0 spiro atoms. The molecule has 0 aliphatic heterocycles. The molecule has 0 saturated heterocycles. The smallest absolute Gasteiger partial charge is 0.145 e. The van der Waals surface area contributed by atoms with E-state index in [0.717, 1.165) is 0 Å². The van der Waals surface area contributed by atoms with Gasteiger partial charge in [-0.25, -0.2) is 8.78 Å². The fraction of sp³-hybridized carbons (Fsp3) is 0.483. The highest BCUT2D eigenvalue weighted by Gasteiger charge is 2.47. The zero-order chi connectivity index (χ0) is 28.0. The van der Waals surface area contributed by atoms with E-state index >= 15 is 8.78 Å². The molecule has 0 radical (unpaired) electrons. The van der Waals surface area contributed by atoms with Crippen molar-refractivity contribution >= 4 is 31.3 Å². The third-order valence-electron chi connectivity index (χ3n) is 6.06. The van der Waals surface area contributed by atoms with E-state index in [0.29, 0.717) is 6.42 Å². The van der Waals surface area contributed by atoms with Gasteiger partial charge in [-0.05, 0) is 42.0 Å². The van der Waals surface area contributed by atoms with Gasteiger partial charge in [-0.1, -0.05) is 87.7 Å². The molecule has 0 fully saturated rings. The van der Waals surface area contributed by atoms with Crippen LogP contribution in [0, 0.1) is 39.8 Å². The second kappa shape index (κ2) is 12.7.